The highest BCUT2D eigenvalue weighted by Crippen LogP contribution is 2.12. The monoisotopic (exact) mass is 299 g/mol. The van der Waals surface area contributed by atoms with Crippen LogP contribution in [0.2, 0.25) is 0 Å². The molecule has 1 unspecified atom stereocenters. The van der Waals surface area contributed by atoms with Crippen LogP contribution in [0.1, 0.15) is 25.8 Å². The third-order valence-corrected chi connectivity index (χ3v) is 2.97. The van der Waals surface area contributed by atoms with Crippen LogP contribution in [0.3, 0.4) is 0 Å². The van der Waals surface area contributed by atoms with Crippen molar-refractivity contribution < 1.29 is 9.59 Å². The second kappa shape index (κ2) is 8.43. The average Bonchev–Trinajstić information content (AvgIpc) is 2.34. The van der Waals surface area contributed by atoms with Crippen molar-refractivity contribution in [2.75, 3.05) is 5.73 Å². The molecule has 0 saturated heterocycles. The van der Waals surface area contributed by atoms with Gasteiger partial charge in [-0.05, 0) is 24.0 Å². The molecule has 0 aliphatic rings. The number of primary amides is 1. The molecule has 5 nitrogen and oxygen atoms in total. The quantitative estimate of drug-likeness (QED) is 0.689. The van der Waals surface area contributed by atoms with Crippen molar-refractivity contribution >= 4 is 29.9 Å². The van der Waals surface area contributed by atoms with Gasteiger partial charge in [-0.15, -0.1) is 12.4 Å². The number of nitrogen functional groups attached to an aromatic ring is 1. The number of halogens is 1. The lowest BCUT2D eigenvalue weighted by Crippen LogP contribution is -2.47. The number of carbonyl (C=O) groups excluding carboxylic acids is 2. The molecule has 1 aromatic carbocycles. The van der Waals surface area contributed by atoms with E-state index in [1.807, 2.05) is 32.0 Å². The second-order valence-electron chi connectivity index (χ2n) is 4.89. The van der Waals surface area contributed by atoms with Crippen LogP contribution in [-0.2, 0) is 16.0 Å². The highest BCUT2D eigenvalue weighted by molar-refractivity contribution is 5.86. The lowest BCUT2D eigenvalue weighted by molar-refractivity contribution is -0.128. The molecular weight excluding hydrogens is 278 g/mol. The van der Waals surface area contributed by atoms with Gasteiger partial charge in [0, 0.05) is 12.1 Å². The molecule has 6 heteroatoms. The van der Waals surface area contributed by atoms with Gasteiger partial charge in [-0.2, -0.15) is 0 Å². The second-order valence-corrected chi connectivity index (χ2v) is 4.89. The number of para-hydroxylation sites is 1. The Morgan fingerprint density at radius 3 is 2.35 bits per heavy atom. The number of aryl methyl sites for hydroxylation is 1. The molecule has 2 amide bonds. The van der Waals surface area contributed by atoms with Crippen LogP contribution >= 0.6 is 12.4 Å². The molecule has 1 atom stereocenters. The first-order chi connectivity index (χ1) is 8.91. The fourth-order valence-electron chi connectivity index (χ4n) is 1.82. The van der Waals surface area contributed by atoms with Crippen LogP contribution in [0.25, 0.3) is 0 Å². The van der Waals surface area contributed by atoms with Gasteiger partial charge in [-0.1, -0.05) is 32.0 Å². The summed E-state index contributed by atoms with van der Waals surface area (Å²) in [7, 11) is 0. The van der Waals surface area contributed by atoms with E-state index in [-0.39, 0.29) is 30.7 Å². The molecule has 0 spiro atoms. The van der Waals surface area contributed by atoms with E-state index in [0.717, 1.165) is 5.56 Å². The van der Waals surface area contributed by atoms with E-state index in [9.17, 15) is 9.59 Å². The van der Waals surface area contributed by atoms with Crippen molar-refractivity contribution in [1.29, 1.82) is 0 Å². The summed E-state index contributed by atoms with van der Waals surface area (Å²) in [6.07, 6.45) is 0.826. The molecule has 20 heavy (non-hydrogen) atoms. The van der Waals surface area contributed by atoms with Crippen LogP contribution < -0.4 is 16.8 Å². The molecule has 0 aliphatic carbocycles. The molecular formula is C14H22ClN3O2. The van der Waals surface area contributed by atoms with Crippen LogP contribution in [0, 0.1) is 5.92 Å². The summed E-state index contributed by atoms with van der Waals surface area (Å²) in [5, 5.41) is 2.65. The first-order valence-corrected chi connectivity index (χ1v) is 6.34. The van der Waals surface area contributed by atoms with Gasteiger partial charge in [-0.25, -0.2) is 0 Å². The lowest BCUT2D eigenvalue weighted by Gasteiger charge is -2.18. The summed E-state index contributed by atoms with van der Waals surface area (Å²) >= 11 is 0. The molecule has 0 bridgehead atoms. The highest BCUT2D eigenvalue weighted by Gasteiger charge is 2.21. The number of hydrogen-bond acceptors (Lipinski definition) is 3. The van der Waals surface area contributed by atoms with Gasteiger partial charge in [0.25, 0.3) is 0 Å². The van der Waals surface area contributed by atoms with Crippen molar-refractivity contribution in [2.24, 2.45) is 11.7 Å². The van der Waals surface area contributed by atoms with E-state index in [2.05, 4.69) is 5.32 Å². The SMILES string of the molecule is CC(C)C(NC(=O)CCc1ccccc1N)C(N)=O.Cl. The van der Waals surface area contributed by atoms with Gasteiger partial charge in [0.05, 0.1) is 0 Å². The molecule has 0 fully saturated rings. The third-order valence-electron chi connectivity index (χ3n) is 2.97. The van der Waals surface area contributed by atoms with Gasteiger partial charge < -0.3 is 16.8 Å². The number of nitrogens with one attached hydrogen (secondary N) is 1. The first kappa shape index (κ1) is 18.2. The molecule has 5 N–H and O–H groups in total. The maximum atomic E-state index is 11.8. The Hall–Kier alpha value is -1.75. The topological polar surface area (TPSA) is 98.2 Å². The molecule has 0 saturated carbocycles. The van der Waals surface area contributed by atoms with Crippen molar-refractivity contribution in [3.63, 3.8) is 0 Å². The smallest absolute Gasteiger partial charge is 0.240 e. The average molecular weight is 300 g/mol. The van der Waals surface area contributed by atoms with Crippen LogP contribution in [-0.4, -0.2) is 17.9 Å². The number of benzene rings is 1. The van der Waals surface area contributed by atoms with Gasteiger partial charge in [0.2, 0.25) is 11.8 Å². The first-order valence-electron chi connectivity index (χ1n) is 6.34. The number of nitrogens with two attached hydrogens (primary N) is 2. The van der Waals surface area contributed by atoms with E-state index in [1.165, 1.54) is 0 Å². The Balaban J connectivity index is 0.00000361. The van der Waals surface area contributed by atoms with Crippen LogP contribution in [0.15, 0.2) is 24.3 Å². The minimum Gasteiger partial charge on any atom is -0.399 e. The maximum Gasteiger partial charge on any atom is 0.240 e. The summed E-state index contributed by atoms with van der Waals surface area (Å²) < 4.78 is 0. The zero-order valence-electron chi connectivity index (χ0n) is 11.8. The number of carbonyl (C=O) groups is 2. The van der Waals surface area contributed by atoms with Gasteiger partial charge >= 0.3 is 0 Å². The Labute approximate surface area is 125 Å². The van der Waals surface area contributed by atoms with Crippen LogP contribution in [0.4, 0.5) is 5.69 Å². The highest BCUT2D eigenvalue weighted by atomic mass is 35.5. The normalized spacial score (nSPS) is 11.6. The standard InChI is InChI=1S/C14H21N3O2.ClH/c1-9(2)13(14(16)19)17-12(18)8-7-10-5-3-4-6-11(10)15;/h3-6,9,13H,7-8,15H2,1-2H3,(H2,16,19)(H,17,18);1H. The Kier molecular flexibility index (Phi) is 7.69. The van der Waals surface area contributed by atoms with Crippen molar-refractivity contribution in [3.05, 3.63) is 29.8 Å². The molecule has 0 radical (unpaired) electrons. The molecule has 112 valence electrons. The van der Waals surface area contributed by atoms with Gasteiger partial charge in [-0.3, -0.25) is 9.59 Å². The largest absolute Gasteiger partial charge is 0.399 e. The summed E-state index contributed by atoms with van der Waals surface area (Å²) in [6.45, 7) is 3.68. The Morgan fingerprint density at radius 2 is 1.85 bits per heavy atom. The van der Waals surface area contributed by atoms with Crippen molar-refractivity contribution in [2.45, 2.75) is 32.7 Å². The van der Waals surface area contributed by atoms with Crippen LogP contribution in [0.5, 0.6) is 0 Å². The molecule has 0 aromatic heterocycles. The number of amides is 2. The molecule has 0 aliphatic heterocycles. The molecule has 0 heterocycles. The van der Waals surface area contributed by atoms with Crippen molar-refractivity contribution in [3.8, 4) is 0 Å². The number of anilines is 1. The Morgan fingerprint density at radius 1 is 1.25 bits per heavy atom. The summed E-state index contributed by atoms with van der Waals surface area (Å²) in [6, 6.07) is 6.79. The van der Waals surface area contributed by atoms with E-state index in [0.29, 0.717) is 12.1 Å². The third kappa shape index (κ3) is 5.48. The zero-order valence-corrected chi connectivity index (χ0v) is 12.6. The van der Waals surface area contributed by atoms with Gasteiger partial charge in [0.1, 0.15) is 6.04 Å². The molecule has 1 aromatic rings. The summed E-state index contributed by atoms with van der Waals surface area (Å²) in [4.78, 5) is 23.0. The van der Waals surface area contributed by atoms with Crippen molar-refractivity contribution in [1.82, 2.24) is 5.32 Å². The van der Waals surface area contributed by atoms with E-state index in [4.69, 9.17) is 11.5 Å². The fraction of sp³-hybridized carbons (Fsp3) is 0.429. The number of hydrogen-bond donors (Lipinski definition) is 3. The van der Waals surface area contributed by atoms with E-state index < -0.39 is 11.9 Å². The molecule has 1 rings (SSSR count). The Bertz CT molecular complexity index is 463. The minimum atomic E-state index is -0.624. The van der Waals surface area contributed by atoms with Gasteiger partial charge in [0.15, 0.2) is 0 Å². The van der Waals surface area contributed by atoms with E-state index in [1.54, 1.807) is 6.07 Å². The summed E-state index contributed by atoms with van der Waals surface area (Å²) in [5.41, 5.74) is 12.6. The van der Waals surface area contributed by atoms with E-state index >= 15 is 0 Å². The number of rotatable bonds is 6. The predicted molar refractivity (Wildman–Crippen MR) is 82.4 cm³/mol. The fourth-order valence-corrected chi connectivity index (χ4v) is 1.82. The predicted octanol–water partition coefficient (Wildman–Crippen LogP) is 1.25. The summed E-state index contributed by atoms with van der Waals surface area (Å²) in [5.74, 6) is -0.730. The zero-order chi connectivity index (χ0) is 14.4. The maximum absolute atomic E-state index is 11.8. The lowest BCUT2D eigenvalue weighted by atomic mass is 10.0. The minimum absolute atomic E-state index is 0.